The number of hydrogen-bond donors (Lipinski definition) is 1. The second-order valence-corrected chi connectivity index (χ2v) is 1.93. The van der Waals surface area contributed by atoms with Gasteiger partial charge in [0.05, 0.1) is 0 Å². The molecule has 1 N–H and O–H groups in total. The van der Waals surface area contributed by atoms with Crippen molar-refractivity contribution in [3.8, 4) is 0 Å². The van der Waals surface area contributed by atoms with Crippen LogP contribution in [-0.2, 0) is 11.3 Å². The van der Waals surface area contributed by atoms with Crippen molar-refractivity contribution in [1.82, 2.24) is 9.55 Å². The molecule has 1 amide bonds. The summed E-state index contributed by atoms with van der Waals surface area (Å²) in [6, 6.07) is 0. The van der Waals surface area contributed by atoms with Gasteiger partial charge in [-0.3, -0.25) is 10.1 Å². The zero-order chi connectivity index (χ0) is 6.27. The first kappa shape index (κ1) is 4.55. The smallest absolute Gasteiger partial charge is 0.246 e. The predicted molar refractivity (Wildman–Crippen MR) is 30.9 cm³/mol. The van der Waals surface area contributed by atoms with Crippen LogP contribution in [-0.4, -0.2) is 15.5 Å². The van der Waals surface area contributed by atoms with Crippen LogP contribution in [0.5, 0.6) is 0 Å². The van der Waals surface area contributed by atoms with Crippen LogP contribution in [0.1, 0.15) is 0 Å². The van der Waals surface area contributed by atoms with Gasteiger partial charge in [-0.25, -0.2) is 4.98 Å². The van der Waals surface area contributed by atoms with Gasteiger partial charge in [0.15, 0.2) is 0 Å². The maximum Gasteiger partial charge on any atom is 0.246 e. The number of carbonyl (C=O) groups excluding carboxylic acids is 1. The lowest BCUT2D eigenvalue weighted by Crippen LogP contribution is -2.05. The van der Waals surface area contributed by atoms with Crippen molar-refractivity contribution < 1.29 is 4.79 Å². The molecule has 1 aliphatic rings. The van der Waals surface area contributed by atoms with Crippen LogP contribution < -0.4 is 5.32 Å². The normalized spacial score (nSPS) is 15.3. The number of imidazole rings is 1. The van der Waals surface area contributed by atoms with E-state index in [-0.39, 0.29) is 5.91 Å². The van der Waals surface area contributed by atoms with Crippen LogP contribution in [0.2, 0.25) is 0 Å². The van der Waals surface area contributed by atoms with E-state index in [1.165, 1.54) is 0 Å². The highest BCUT2D eigenvalue weighted by molar-refractivity contribution is 5.92. The van der Waals surface area contributed by atoms with E-state index in [0.29, 0.717) is 12.5 Å². The van der Waals surface area contributed by atoms with Crippen molar-refractivity contribution >= 4 is 11.9 Å². The zero-order valence-electron chi connectivity index (χ0n) is 4.66. The number of aromatic nitrogens is 2. The highest BCUT2D eigenvalue weighted by atomic mass is 16.2. The van der Waals surface area contributed by atoms with E-state index in [4.69, 9.17) is 0 Å². The third-order valence-corrected chi connectivity index (χ3v) is 1.28. The van der Waals surface area contributed by atoms with Crippen LogP contribution >= 0.6 is 0 Å². The van der Waals surface area contributed by atoms with Crippen molar-refractivity contribution in [1.29, 1.82) is 0 Å². The number of rotatable bonds is 0. The van der Waals surface area contributed by atoms with Gasteiger partial charge in [-0.15, -0.1) is 0 Å². The van der Waals surface area contributed by atoms with Gasteiger partial charge in [0.2, 0.25) is 11.9 Å². The minimum Gasteiger partial charge on any atom is -0.308 e. The number of carbonyl (C=O) groups is 1. The van der Waals surface area contributed by atoms with Crippen LogP contribution in [0.3, 0.4) is 0 Å². The summed E-state index contributed by atoms with van der Waals surface area (Å²) in [5.41, 5.74) is 0. The van der Waals surface area contributed by atoms with Gasteiger partial charge in [0, 0.05) is 12.4 Å². The van der Waals surface area contributed by atoms with Crippen LogP contribution in [0, 0.1) is 0 Å². The summed E-state index contributed by atoms with van der Waals surface area (Å²) in [6.07, 6.45) is 3.43. The molecular weight excluding hydrogens is 118 g/mol. The Bertz CT molecular complexity index is 230. The summed E-state index contributed by atoms with van der Waals surface area (Å²) in [6.45, 7) is 0.412. The fraction of sp³-hybridized carbons (Fsp3) is 0.200. The number of nitrogens with zero attached hydrogens (tertiary/aromatic N) is 2. The van der Waals surface area contributed by atoms with E-state index >= 15 is 0 Å². The van der Waals surface area contributed by atoms with Gasteiger partial charge in [0.25, 0.3) is 0 Å². The van der Waals surface area contributed by atoms with Gasteiger partial charge in [-0.1, -0.05) is 0 Å². The summed E-state index contributed by atoms with van der Waals surface area (Å²) in [4.78, 5) is 14.5. The summed E-state index contributed by atoms with van der Waals surface area (Å²) in [5.74, 6) is 0.665. The minimum atomic E-state index is 0.0121. The lowest BCUT2D eigenvalue weighted by atomic mass is 10.6. The molecule has 2 rings (SSSR count). The quantitative estimate of drug-likeness (QED) is 0.520. The predicted octanol–water partition coefficient (Wildman–Crippen LogP) is -0.165. The van der Waals surface area contributed by atoms with E-state index in [1.807, 2.05) is 0 Å². The Morgan fingerprint density at radius 3 is 3.44 bits per heavy atom. The largest absolute Gasteiger partial charge is 0.308 e. The summed E-state index contributed by atoms with van der Waals surface area (Å²) in [7, 11) is 0. The highest BCUT2D eigenvalue weighted by Crippen LogP contribution is 2.09. The second kappa shape index (κ2) is 1.34. The molecule has 0 atom stereocenters. The van der Waals surface area contributed by atoms with Gasteiger partial charge < -0.3 is 4.57 Å². The molecule has 0 bridgehead atoms. The molecule has 0 aliphatic carbocycles. The summed E-state index contributed by atoms with van der Waals surface area (Å²) < 4.78 is 1.77. The molecule has 0 unspecified atom stereocenters. The SMILES string of the molecule is O=C1Cn2ccnc2N1. The molecule has 1 aromatic rings. The lowest BCUT2D eigenvalue weighted by Gasteiger charge is -1.84. The summed E-state index contributed by atoms with van der Waals surface area (Å²) in [5, 5.41) is 2.59. The number of anilines is 1. The molecule has 1 aliphatic heterocycles. The third kappa shape index (κ3) is 0.526. The van der Waals surface area contributed by atoms with Crippen molar-refractivity contribution in [3.05, 3.63) is 12.4 Å². The molecule has 0 spiro atoms. The average molecular weight is 123 g/mol. The first-order chi connectivity index (χ1) is 4.36. The molecule has 4 heteroatoms. The maximum atomic E-state index is 10.6. The number of amides is 1. The zero-order valence-corrected chi connectivity index (χ0v) is 4.66. The van der Waals surface area contributed by atoms with Crippen molar-refractivity contribution in [3.63, 3.8) is 0 Å². The number of nitrogens with one attached hydrogen (secondary N) is 1. The van der Waals surface area contributed by atoms with Gasteiger partial charge in [0.1, 0.15) is 6.54 Å². The third-order valence-electron chi connectivity index (χ3n) is 1.28. The molecule has 4 nitrogen and oxygen atoms in total. The van der Waals surface area contributed by atoms with E-state index in [1.54, 1.807) is 17.0 Å². The number of fused-ring (bicyclic) bond motifs is 1. The van der Waals surface area contributed by atoms with E-state index in [0.717, 1.165) is 0 Å². The number of hydrogen-bond acceptors (Lipinski definition) is 2. The molecule has 0 saturated heterocycles. The molecule has 0 fully saturated rings. The molecule has 0 radical (unpaired) electrons. The minimum absolute atomic E-state index is 0.0121. The maximum absolute atomic E-state index is 10.6. The topological polar surface area (TPSA) is 46.9 Å². The Labute approximate surface area is 51.5 Å². The fourth-order valence-corrected chi connectivity index (χ4v) is 0.880. The summed E-state index contributed by atoms with van der Waals surface area (Å²) >= 11 is 0. The molecule has 46 valence electrons. The van der Waals surface area contributed by atoms with Crippen molar-refractivity contribution in [2.75, 3.05) is 5.32 Å². The van der Waals surface area contributed by atoms with Crippen molar-refractivity contribution in [2.45, 2.75) is 6.54 Å². The Balaban J connectivity index is 2.49. The molecule has 0 saturated carbocycles. The first-order valence-corrected chi connectivity index (χ1v) is 2.67. The Kier molecular flexibility index (Phi) is 0.677. The molecule has 0 aromatic carbocycles. The average Bonchev–Trinajstić information content (AvgIpc) is 2.22. The van der Waals surface area contributed by atoms with Gasteiger partial charge in [-0.05, 0) is 0 Å². The van der Waals surface area contributed by atoms with Crippen LogP contribution in [0.15, 0.2) is 12.4 Å². The monoisotopic (exact) mass is 123 g/mol. The van der Waals surface area contributed by atoms with Gasteiger partial charge in [-0.2, -0.15) is 0 Å². The standard InChI is InChI=1S/C5H5N3O/c9-4-3-8-2-1-6-5(8)7-4/h1-2H,3H2,(H,6,7,9). The second-order valence-electron chi connectivity index (χ2n) is 1.93. The van der Waals surface area contributed by atoms with Crippen LogP contribution in [0.25, 0.3) is 0 Å². The van der Waals surface area contributed by atoms with Gasteiger partial charge >= 0.3 is 0 Å². The molecule has 2 heterocycles. The Morgan fingerprint density at radius 2 is 2.67 bits per heavy atom. The van der Waals surface area contributed by atoms with Crippen LogP contribution in [0.4, 0.5) is 5.95 Å². The molecule has 1 aromatic heterocycles. The highest BCUT2D eigenvalue weighted by Gasteiger charge is 2.15. The Morgan fingerprint density at radius 1 is 1.78 bits per heavy atom. The van der Waals surface area contributed by atoms with E-state index < -0.39 is 0 Å². The first-order valence-electron chi connectivity index (χ1n) is 2.67. The van der Waals surface area contributed by atoms with Crippen molar-refractivity contribution in [2.24, 2.45) is 0 Å². The fourth-order valence-electron chi connectivity index (χ4n) is 0.880. The molecule has 9 heavy (non-hydrogen) atoms. The Hall–Kier alpha value is -1.32. The molecular formula is C5H5N3O. The van der Waals surface area contributed by atoms with E-state index in [9.17, 15) is 4.79 Å². The van der Waals surface area contributed by atoms with E-state index in [2.05, 4.69) is 10.3 Å². The lowest BCUT2D eigenvalue weighted by molar-refractivity contribution is -0.115.